The Labute approximate surface area is 382 Å². The van der Waals surface area contributed by atoms with E-state index in [0.29, 0.717) is 5.69 Å². The highest BCUT2D eigenvalue weighted by molar-refractivity contribution is 5.90. The summed E-state index contributed by atoms with van der Waals surface area (Å²) in [7, 11) is 0. The zero-order valence-corrected chi connectivity index (χ0v) is 38.5. The summed E-state index contributed by atoms with van der Waals surface area (Å²) in [5.41, 5.74) is -7.05. The summed E-state index contributed by atoms with van der Waals surface area (Å²) in [4.78, 5) is 93.1. The van der Waals surface area contributed by atoms with Crippen LogP contribution in [0.15, 0.2) is 24.3 Å². The van der Waals surface area contributed by atoms with Crippen LogP contribution in [0.4, 0.5) is 5.69 Å². The molecule has 0 bridgehead atoms. The maximum Gasteiger partial charge on any atom is 0.338 e. The van der Waals surface area contributed by atoms with Crippen molar-refractivity contribution in [3.05, 3.63) is 29.8 Å². The number of rotatable bonds is 30. The molecule has 0 unspecified atom stereocenters. The van der Waals surface area contributed by atoms with Crippen LogP contribution < -0.4 is 5.73 Å². The van der Waals surface area contributed by atoms with Crippen molar-refractivity contribution in [3.8, 4) is 0 Å². The van der Waals surface area contributed by atoms with E-state index in [2.05, 4.69) is 0 Å². The molecule has 0 aliphatic carbocycles. The molecule has 0 aromatic heterocycles. The van der Waals surface area contributed by atoms with Crippen LogP contribution in [-0.2, 0) is 61.9 Å². The Morgan fingerprint density at radius 3 is 0.864 bits per heavy atom. The smallest absolute Gasteiger partial charge is 0.338 e. The Kier molecular flexibility index (Phi) is 22.5. The largest absolute Gasteiger partial charge is 0.464 e. The number of esters is 7. The first-order valence-corrected chi connectivity index (χ1v) is 20.6. The van der Waals surface area contributed by atoms with Gasteiger partial charge in [0.15, 0.2) is 0 Å². The van der Waals surface area contributed by atoms with Gasteiger partial charge in [-0.25, -0.2) is 4.79 Å². The molecule has 0 radical (unpaired) electrons. The minimum atomic E-state index is -2.10. The molecule has 23 heteroatoms. The van der Waals surface area contributed by atoms with Crippen LogP contribution in [0.5, 0.6) is 0 Å². The Bertz CT molecular complexity index is 1620. The maximum atomic E-state index is 14.1. The predicted octanol–water partition coefficient (Wildman–Crippen LogP) is -1.94. The zero-order valence-electron chi connectivity index (χ0n) is 38.5. The maximum absolute atomic E-state index is 14.1. The molecule has 0 aliphatic heterocycles. The van der Waals surface area contributed by atoms with Gasteiger partial charge in [0, 0.05) is 5.69 Å². The molecule has 0 heterocycles. The van der Waals surface area contributed by atoms with Crippen molar-refractivity contribution in [1.29, 1.82) is 0 Å². The van der Waals surface area contributed by atoms with Crippen molar-refractivity contribution in [2.75, 3.05) is 105 Å². The quantitative estimate of drug-likeness (QED) is 0.0230. The van der Waals surface area contributed by atoms with Crippen LogP contribution in [0.25, 0.3) is 0 Å². The molecule has 376 valence electrons. The fraction of sp³-hybridized carbons (Fsp3) is 0.698. The van der Waals surface area contributed by atoms with Crippen LogP contribution >= 0.6 is 0 Å². The van der Waals surface area contributed by atoms with Crippen LogP contribution in [0.3, 0.4) is 0 Å². The minimum absolute atomic E-state index is 0.0432. The summed E-state index contributed by atoms with van der Waals surface area (Å²) in [6.45, 7) is -4.12. The second kappa shape index (κ2) is 25.2. The monoisotopic (exact) mass is 949 g/mol. The molecule has 0 fully saturated rings. The molecule has 66 heavy (non-hydrogen) atoms. The Morgan fingerprint density at radius 1 is 0.394 bits per heavy atom. The molecule has 23 nitrogen and oxygen atoms in total. The molecular weight excluding hydrogens is 882 g/mol. The highest BCUT2D eigenvalue weighted by Gasteiger charge is 2.47. The fourth-order valence-electron chi connectivity index (χ4n) is 4.77. The topological polar surface area (TPSA) is 372 Å². The highest BCUT2D eigenvalue weighted by atomic mass is 16.6. The van der Waals surface area contributed by atoms with E-state index in [1.807, 2.05) is 0 Å². The van der Waals surface area contributed by atoms with Gasteiger partial charge in [-0.1, -0.05) is 6.92 Å². The lowest BCUT2D eigenvalue weighted by Gasteiger charge is -2.35. The van der Waals surface area contributed by atoms with E-state index in [4.69, 9.17) is 38.9 Å². The van der Waals surface area contributed by atoms with Crippen LogP contribution in [0, 0.1) is 37.9 Å². The van der Waals surface area contributed by atoms with Crippen LogP contribution in [0.1, 0.15) is 65.2 Å². The van der Waals surface area contributed by atoms with Gasteiger partial charge in [0.25, 0.3) is 0 Å². The van der Waals surface area contributed by atoms with Gasteiger partial charge in [-0.15, -0.1) is 0 Å². The minimum Gasteiger partial charge on any atom is -0.464 e. The molecule has 0 saturated carbocycles. The van der Waals surface area contributed by atoms with E-state index >= 15 is 0 Å². The molecule has 0 aliphatic rings. The number of anilines is 1. The number of carbonyl (C=O) groups excluding carboxylic acids is 7. The summed E-state index contributed by atoms with van der Waals surface area (Å²) in [5.74, 6) is -7.98. The third-order valence-electron chi connectivity index (χ3n) is 11.3. The number of hydrogen-bond acceptors (Lipinski definition) is 23. The molecule has 1 rings (SSSR count). The molecule has 1 aromatic carbocycles. The average Bonchev–Trinajstić information content (AvgIpc) is 3.34. The summed E-state index contributed by atoms with van der Waals surface area (Å²) in [6.07, 6.45) is -0.0998. The molecule has 0 saturated heterocycles. The van der Waals surface area contributed by atoms with Gasteiger partial charge in [-0.3, -0.25) is 28.8 Å². The Morgan fingerprint density at radius 2 is 0.621 bits per heavy atom. The fourth-order valence-corrected chi connectivity index (χ4v) is 4.77. The first-order valence-electron chi connectivity index (χ1n) is 20.6. The van der Waals surface area contributed by atoms with E-state index in [1.165, 1.54) is 58.9 Å². The Hall–Kier alpha value is -5.01. The number of ether oxygens (including phenoxy) is 7. The lowest BCUT2D eigenvalue weighted by Crippen LogP contribution is -2.48. The van der Waals surface area contributed by atoms with Crippen molar-refractivity contribution in [2.45, 2.75) is 54.9 Å². The average molecular weight is 950 g/mol. The second-order valence-electron chi connectivity index (χ2n) is 18.1. The molecule has 0 spiro atoms. The van der Waals surface area contributed by atoms with E-state index in [0.717, 1.165) is 13.8 Å². The van der Waals surface area contributed by atoms with E-state index in [1.54, 1.807) is 0 Å². The summed E-state index contributed by atoms with van der Waals surface area (Å²) >= 11 is 0. The number of nitrogens with two attached hydrogens (primary N) is 1. The van der Waals surface area contributed by atoms with Gasteiger partial charge in [-0.2, -0.15) is 0 Å². The number of hydrogen-bond donors (Lipinski definition) is 9. The first kappa shape index (κ1) is 59.0. The third-order valence-corrected chi connectivity index (χ3v) is 11.3. The van der Waals surface area contributed by atoms with Gasteiger partial charge in [0.1, 0.15) is 78.7 Å². The van der Waals surface area contributed by atoms with Crippen LogP contribution in [0.2, 0.25) is 0 Å². The number of aliphatic hydroxyl groups is 8. The SMILES string of the molecule is CCC(COC(=O)c1ccc(N)cc1)(COC(=O)C(C)(COC(=O)C(C)(CO)CO)COC(=O)C(C)(CO)CO)COC(=O)C(C)(COC(=O)C(C)(CO)CO)COC(=O)C(C)(CO)CO. The molecular formula is C43H67NO22. The van der Waals surface area contributed by atoms with Crippen molar-refractivity contribution in [1.82, 2.24) is 0 Å². The third kappa shape index (κ3) is 15.3. The molecule has 0 atom stereocenters. The van der Waals surface area contributed by atoms with E-state index in [-0.39, 0.29) is 12.0 Å². The van der Waals surface area contributed by atoms with Crippen molar-refractivity contribution in [2.24, 2.45) is 37.9 Å². The van der Waals surface area contributed by atoms with E-state index in [9.17, 15) is 74.4 Å². The Balaban J connectivity index is 3.72. The summed E-state index contributed by atoms with van der Waals surface area (Å²) < 4.78 is 38.1. The van der Waals surface area contributed by atoms with E-state index < -0.39 is 179 Å². The second-order valence-corrected chi connectivity index (χ2v) is 18.1. The van der Waals surface area contributed by atoms with Gasteiger partial charge in [0.05, 0.1) is 63.8 Å². The zero-order chi connectivity index (χ0) is 50.8. The molecule has 0 amide bonds. The lowest BCUT2D eigenvalue weighted by atomic mass is 9.86. The molecule has 1 aromatic rings. The van der Waals surface area contributed by atoms with Gasteiger partial charge in [-0.05, 0) is 72.2 Å². The van der Waals surface area contributed by atoms with Crippen molar-refractivity contribution in [3.63, 3.8) is 0 Å². The van der Waals surface area contributed by atoms with Crippen molar-refractivity contribution >= 4 is 47.5 Å². The number of benzene rings is 1. The predicted molar refractivity (Wildman–Crippen MR) is 225 cm³/mol. The normalized spacial score (nSPS) is 12.7. The molecule has 10 N–H and O–H groups in total. The number of aliphatic hydroxyl groups excluding tert-OH is 8. The van der Waals surface area contributed by atoms with Crippen molar-refractivity contribution < 1.29 is 108 Å². The lowest BCUT2D eigenvalue weighted by molar-refractivity contribution is -0.183. The number of carbonyl (C=O) groups is 7. The summed E-state index contributed by atoms with van der Waals surface area (Å²) in [6, 6.07) is 5.58. The van der Waals surface area contributed by atoms with Crippen LogP contribution in [-0.4, -0.2) is 182 Å². The number of nitrogen functional groups attached to an aromatic ring is 1. The van der Waals surface area contributed by atoms with Gasteiger partial charge < -0.3 is 79.7 Å². The van der Waals surface area contributed by atoms with Gasteiger partial charge >= 0.3 is 41.8 Å². The van der Waals surface area contributed by atoms with Gasteiger partial charge in [0.2, 0.25) is 0 Å². The highest BCUT2D eigenvalue weighted by Crippen LogP contribution is 2.32. The standard InChI is InChI=1S/C43H67NO22/c1-8-43(25-60-30(53)28-9-11-29(44)12-10-28,26-65-35(58)41(6,21-61-31(54)37(2,13-45)14-46)22-62-32(55)38(3,15-47)16-48)27-66-36(59)42(7,23-63-33(56)39(4,17-49)18-50)24-64-34(57)40(5,19-51)20-52/h9-12,45-52H,8,13-27,44H2,1-7H3. The summed E-state index contributed by atoms with van der Waals surface area (Å²) in [5, 5.41) is 77.7. The first-order chi connectivity index (χ1) is 30.7.